The number of rotatable bonds is 5. The standard InChI is InChI=1S/C25H19N5O2S2/c1-29-23-11-9-20(30(34(31)32)19-8-10-21-18(13-19)3-2-12-27-21)14-22(23)28-25(29)24(33)17-6-4-16(15-26)5-7-17/h2-14,24,33H,1H3,(H,31,32)/p-1. The topological polar surface area (TPSA) is 97.9 Å². The molecule has 9 heteroatoms. The third-order valence-electron chi connectivity index (χ3n) is 5.70. The molecule has 5 aromatic rings. The number of aryl methyl sites for hydroxylation is 1. The number of nitriles is 1. The fraction of sp³-hybridized carbons (Fsp3) is 0.0800. The molecule has 0 fully saturated rings. The molecule has 0 bridgehead atoms. The summed E-state index contributed by atoms with van der Waals surface area (Å²) in [5.41, 5.74) is 4.76. The highest BCUT2D eigenvalue weighted by molar-refractivity contribution is 7.81. The zero-order chi connectivity index (χ0) is 23.8. The summed E-state index contributed by atoms with van der Waals surface area (Å²) in [7, 11) is 1.90. The first-order valence-corrected chi connectivity index (χ1v) is 11.9. The summed E-state index contributed by atoms with van der Waals surface area (Å²) in [6.45, 7) is 0. The van der Waals surface area contributed by atoms with E-state index < -0.39 is 11.3 Å². The number of benzene rings is 3. The molecule has 2 atom stereocenters. The van der Waals surface area contributed by atoms with Crippen LogP contribution >= 0.6 is 12.6 Å². The minimum absolute atomic E-state index is 0.314. The van der Waals surface area contributed by atoms with Gasteiger partial charge in [0.15, 0.2) is 0 Å². The van der Waals surface area contributed by atoms with E-state index in [9.17, 15) is 8.76 Å². The molecule has 0 saturated heterocycles. The van der Waals surface area contributed by atoms with E-state index in [4.69, 9.17) is 22.9 Å². The van der Waals surface area contributed by atoms with Crippen molar-refractivity contribution in [2.45, 2.75) is 5.25 Å². The molecule has 0 saturated carbocycles. The van der Waals surface area contributed by atoms with E-state index in [2.05, 4.69) is 11.1 Å². The van der Waals surface area contributed by atoms with Crippen molar-refractivity contribution in [2.24, 2.45) is 7.05 Å². The van der Waals surface area contributed by atoms with Crippen molar-refractivity contribution < 1.29 is 8.76 Å². The largest absolute Gasteiger partial charge is 0.755 e. The number of fused-ring (bicyclic) bond motifs is 2. The minimum atomic E-state index is -2.54. The van der Waals surface area contributed by atoms with E-state index in [1.54, 1.807) is 48.7 Å². The zero-order valence-corrected chi connectivity index (χ0v) is 19.7. The van der Waals surface area contributed by atoms with E-state index in [-0.39, 0.29) is 5.25 Å². The Morgan fingerprint density at radius 3 is 2.53 bits per heavy atom. The van der Waals surface area contributed by atoms with Crippen LogP contribution in [0.5, 0.6) is 0 Å². The van der Waals surface area contributed by atoms with Crippen molar-refractivity contribution in [3.8, 4) is 6.07 Å². The van der Waals surface area contributed by atoms with E-state index in [0.717, 1.165) is 22.0 Å². The number of hydrogen-bond acceptors (Lipinski definition) is 6. The van der Waals surface area contributed by atoms with Crippen molar-refractivity contribution in [1.29, 1.82) is 5.26 Å². The predicted octanol–water partition coefficient (Wildman–Crippen LogP) is 4.94. The van der Waals surface area contributed by atoms with Gasteiger partial charge in [-0.05, 0) is 60.2 Å². The molecule has 0 spiro atoms. The first-order valence-electron chi connectivity index (χ1n) is 10.3. The third kappa shape index (κ3) is 3.92. The lowest BCUT2D eigenvalue weighted by atomic mass is 10.1. The van der Waals surface area contributed by atoms with Gasteiger partial charge in [0.25, 0.3) is 0 Å². The summed E-state index contributed by atoms with van der Waals surface area (Å²) in [5, 5.41) is 9.56. The van der Waals surface area contributed by atoms with Crippen LogP contribution < -0.4 is 4.31 Å². The molecule has 0 radical (unpaired) electrons. The quantitative estimate of drug-likeness (QED) is 0.281. The van der Waals surface area contributed by atoms with Crippen molar-refractivity contribution in [3.63, 3.8) is 0 Å². The van der Waals surface area contributed by atoms with E-state index in [1.165, 1.54) is 4.31 Å². The van der Waals surface area contributed by atoms with Crippen molar-refractivity contribution >= 4 is 57.2 Å². The Labute approximate surface area is 204 Å². The van der Waals surface area contributed by atoms with E-state index in [0.29, 0.717) is 28.3 Å². The lowest BCUT2D eigenvalue weighted by Gasteiger charge is -2.26. The Balaban J connectivity index is 1.55. The van der Waals surface area contributed by atoms with Crippen LogP contribution in [0.3, 0.4) is 0 Å². The molecule has 2 aromatic heterocycles. The normalized spacial score (nSPS) is 13.0. The first kappa shape index (κ1) is 22.1. The molecule has 3 aromatic carbocycles. The van der Waals surface area contributed by atoms with Gasteiger partial charge in [0.1, 0.15) is 5.82 Å². The van der Waals surface area contributed by atoms with Gasteiger partial charge < -0.3 is 9.12 Å². The monoisotopic (exact) mass is 484 g/mol. The van der Waals surface area contributed by atoms with Gasteiger partial charge in [0.05, 0.1) is 56.1 Å². The SMILES string of the molecule is Cn1c(C(S)c2ccc(C#N)cc2)nc2cc(N(c3ccc4ncccc4c3)S(=O)[O-])ccc21. The smallest absolute Gasteiger partial charge is 0.127 e. The summed E-state index contributed by atoms with van der Waals surface area (Å²) >= 11 is 2.22. The fourth-order valence-corrected chi connectivity index (χ4v) is 4.95. The highest BCUT2D eigenvalue weighted by atomic mass is 32.2. The van der Waals surface area contributed by atoms with Gasteiger partial charge in [-0.25, -0.2) is 4.98 Å². The Bertz CT molecular complexity index is 1590. The summed E-state index contributed by atoms with van der Waals surface area (Å²) in [6, 6.07) is 23.7. The molecule has 2 heterocycles. The van der Waals surface area contributed by atoms with Gasteiger partial charge in [-0.2, -0.15) is 17.9 Å². The molecule has 0 aliphatic heterocycles. The Hall–Kier alpha value is -3.71. The number of pyridine rings is 1. The average Bonchev–Trinajstić information content (AvgIpc) is 3.19. The van der Waals surface area contributed by atoms with Gasteiger partial charge in [0.2, 0.25) is 0 Å². The van der Waals surface area contributed by atoms with Crippen LogP contribution in [0.4, 0.5) is 11.4 Å². The number of imidazole rings is 1. The second-order valence-corrected chi connectivity index (χ2v) is 9.05. The van der Waals surface area contributed by atoms with Gasteiger partial charge in [-0.15, -0.1) is 0 Å². The lowest BCUT2D eigenvalue weighted by Crippen LogP contribution is -2.19. The molecule has 5 rings (SSSR count). The van der Waals surface area contributed by atoms with Crippen LogP contribution in [0.25, 0.3) is 21.9 Å². The van der Waals surface area contributed by atoms with Crippen LogP contribution in [0.15, 0.2) is 79.0 Å². The predicted molar refractivity (Wildman–Crippen MR) is 136 cm³/mol. The Kier molecular flexibility index (Phi) is 5.79. The molecule has 0 aliphatic rings. The number of aromatic nitrogens is 3. The van der Waals surface area contributed by atoms with Crippen LogP contribution in [0.1, 0.15) is 22.2 Å². The Morgan fingerprint density at radius 2 is 1.79 bits per heavy atom. The highest BCUT2D eigenvalue weighted by Crippen LogP contribution is 2.34. The maximum absolute atomic E-state index is 12.2. The average molecular weight is 485 g/mol. The molecular formula is C25H18N5O2S2-. The van der Waals surface area contributed by atoms with Crippen molar-refractivity contribution in [2.75, 3.05) is 4.31 Å². The van der Waals surface area contributed by atoms with Crippen LogP contribution in [0, 0.1) is 11.3 Å². The minimum Gasteiger partial charge on any atom is -0.755 e. The van der Waals surface area contributed by atoms with E-state index in [1.807, 2.05) is 41.9 Å². The molecule has 0 amide bonds. The highest BCUT2D eigenvalue weighted by Gasteiger charge is 2.19. The van der Waals surface area contributed by atoms with Crippen LogP contribution in [0.2, 0.25) is 0 Å². The summed E-state index contributed by atoms with van der Waals surface area (Å²) in [6.07, 6.45) is 1.70. The number of anilines is 2. The molecule has 168 valence electrons. The van der Waals surface area contributed by atoms with E-state index >= 15 is 0 Å². The second kappa shape index (κ2) is 8.91. The molecule has 0 aliphatic carbocycles. The fourth-order valence-electron chi connectivity index (χ4n) is 3.98. The molecule has 7 nitrogen and oxygen atoms in total. The van der Waals surface area contributed by atoms with Gasteiger partial charge in [0, 0.05) is 18.6 Å². The van der Waals surface area contributed by atoms with Gasteiger partial charge >= 0.3 is 0 Å². The zero-order valence-electron chi connectivity index (χ0n) is 18.0. The molecular weight excluding hydrogens is 466 g/mol. The summed E-state index contributed by atoms with van der Waals surface area (Å²) < 4.78 is 27.7. The Morgan fingerprint density at radius 1 is 1.06 bits per heavy atom. The maximum atomic E-state index is 12.2. The maximum Gasteiger partial charge on any atom is 0.127 e. The molecule has 0 N–H and O–H groups in total. The molecule has 2 unspecified atom stereocenters. The van der Waals surface area contributed by atoms with Crippen LogP contribution in [-0.2, 0) is 18.3 Å². The lowest BCUT2D eigenvalue weighted by molar-refractivity contribution is 0.537. The number of nitrogens with zero attached hydrogens (tertiary/aromatic N) is 5. The van der Waals surface area contributed by atoms with Crippen molar-refractivity contribution in [1.82, 2.24) is 14.5 Å². The summed E-state index contributed by atoms with van der Waals surface area (Å²) in [5.74, 6) is 0.715. The van der Waals surface area contributed by atoms with Gasteiger partial charge in [-0.3, -0.25) is 13.5 Å². The van der Waals surface area contributed by atoms with Gasteiger partial charge in [-0.1, -0.05) is 18.2 Å². The third-order valence-corrected chi connectivity index (χ3v) is 6.95. The second-order valence-electron chi connectivity index (χ2n) is 7.73. The summed E-state index contributed by atoms with van der Waals surface area (Å²) in [4.78, 5) is 9.06. The number of hydrogen-bond donors (Lipinski definition) is 1. The molecule has 34 heavy (non-hydrogen) atoms. The van der Waals surface area contributed by atoms with Crippen LogP contribution in [-0.4, -0.2) is 23.3 Å². The van der Waals surface area contributed by atoms with Crippen molar-refractivity contribution in [3.05, 3.63) is 95.9 Å². The number of thiol groups is 1. The first-order chi connectivity index (χ1) is 16.5.